The van der Waals surface area contributed by atoms with Crippen molar-refractivity contribution in [3.05, 3.63) is 42.2 Å². The largest absolute Gasteiger partial charge is 0.416 e. The summed E-state index contributed by atoms with van der Waals surface area (Å²) in [6.45, 7) is 0. The van der Waals surface area contributed by atoms with Crippen LogP contribution in [0.25, 0.3) is 0 Å². The van der Waals surface area contributed by atoms with Crippen LogP contribution in [-0.4, -0.2) is 9.97 Å². The second-order valence-electron chi connectivity index (χ2n) is 3.53. The van der Waals surface area contributed by atoms with Gasteiger partial charge in [0.05, 0.1) is 5.56 Å². The van der Waals surface area contributed by atoms with Gasteiger partial charge in [-0.1, -0.05) is 6.07 Å². The van der Waals surface area contributed by atoms with Gasteiger partial charge in [-0.2, -0.15) is 13.2 Å². The third-order valence-electron chi connectivity index (χ3n) is 2.15. The molecule has 0 spiro atoms. The first-order chi connectivity index (χ1) is 8.45. The van der Waals surface area contributed by atoms with Crippen LogP contribution in [0.1, 0.15) is 5.56 Å². The van der Waals surface area contributed by atoms with Crippen LogP contribution in [0.5, 0.6) is 0 Å². The zero-order valence-electron chi connectivity index (χ0n) is 9.07. The van der Waals surface area contributed by atoms with Gasteiger partial charge in [0.1, 0.15) is 18.0 Å². The molecule has 4 nitrogen and oxygen atoms in total. The molecule has 1 aromatic heterocycles. The minimum atomic E-state index is -4.37. The molecule has 0 bridgehead atoms. The number of nitrogens with one attached hydrogen (secondary N) is 1. The minimum absolute atomic E-state index is 0.236. The molecule has 0 radical (unpaired) electrons. The molecule has 0 aliphatic rings. The molecule has 7 heteroatoms. The first kappa shape index (κ1) is 12.2. The van der Waals surface area contributed by atoms with Crippen molar-refractivity contribution in [2.24, 2.45) is 0 Å². The first-order valence-electron chi connectivity index (χ1n) is 4.97. The third kappa shape index (κ3) is 2.88. The number of nitrogens with two attached hydrogens (primary N) is 1. The van der Waals surface area contributed by atoms with Gasteiger partial charge in [0, 0.05) is 11.8 Å². The fourth-order valence-corrected chi connectivity index (χ4v) is 1.36. The fourth-order valence-electron chi connectivity index (χ4n) is 1.36. The number of halogens is 3. The molecule has 0 aliphatic heterocycles. The molecule has 0 saturated carbocycles. The highest BCUT2D eigenvalue weighted by molar-refractivity contribution is 5.59. The summed E-state index contributed by atoms with van der Waals surface area (Å²) in [6.07, 6.45) is -3.15. The molecule has 1 heterocycles. The zero-order valence-corrected chi connectivity index (χ0v) is 9.07. The Bertz CT molecular complexity index is 554. The highest BCUT2D eigenvalue weighted by Crippen LogP contribution is 2.31. The second-order valence-corrected chi connectivity index (χ2v) is 3.53. The van der Waals surface area contributed by atoms with Crippen LogP contribution in [-0.2, 0) is 6.18 Å². The maximum atomic E-state index is 12.5. The Morgan fingerprint density at radius 3 is 2.56 bits per heavy atom. The maximum absolute atomic E-state index is 12.5. The predicted octanol–water partition coefficient (Wildman–Crippen LogP) is 2.82. The Morgan fingerprint density at radius 1 is 1.11 bits per heavy atom. The Balaban J connectivity index is 2.25. The van der Waals surface area contributed by atoms with E-state index in [9.17, 15) is 13.2 Å². The van der Waals surface area contributed by atoms with Crippen LogP contribution < -0.4 is 11.1 Å². The van der Waals surface area contributed by atoms with E-state index in [4.69, 9.17) is 5.73 Å². The van der Waals surface area contributed by atoms with Gasteiger partial charge in [0.2, 0.25) is 0 Å². The number of anilines is 3. The highest BCUT2D eigenvalue weighted by atomic mass is 19.4. The number of nitrogens with zero attached hydrogens (tertiary/aromatic N) is 2. The SMILES string of the molecule is Nc1cc(Nc2cccc(C(F)(F)F)c2)ncn1. The van der Waals surface area contributed by atoms with Crippen LogP contribution in [0, 0.1) is 0 Å². The average Bonchev–Trinajstić information content (AvgIpc) is 2.28. The van der Waals surface area contributed by atoms with Crippen molar-refractivity contribution in [3.63, 3.8) is 0 Å². The van der Waals surface area contributed by atoms with Crippen LogP contribution in [0.2, 0.25) is 0 Å². The van der Waals surface area contributed by atoms with E-state index in [-0.39, 0.29) is 11.5 Å². The van der Waals surface area contributed by atoms with E-state index in [1.165, 1.54) is 24.5 Å². The van der Waals surface area contributed by atoms with Crippen LogP contribution in [0.3, 0.4) is 0 Å². The molecule has 18 heavy (non-hydrogen) atoms. The molecule has 3 N–H and O–H groups in total. The van der Waals surface area contributed by atoms with Crippen molar-refractivity contribution in [2.75, 3.05) is 11.1 Å². The molecular weight excluding hydrogens is 245 g/mol. The van der Waals surface area contributed by atoms with Gasteiger partial charge in [-0.05, 0) is 18.2 Å². The number of hydrogen-bond donors (Lipinski definition) is 2. The molecule has 0 atom stereocenters. The number of rotatable bonds is 2. The highest BCUT2D eigenvalue weighted by Gasteiger charge is 2.30. The van der Waals surface area contributed by atoms with Crippen molar-refractivity contribution in [1.29, 1.82) is 0 Å². The van der Waals surface area contributed by atoms with Crippen LogP contribution in [0.15, 0.2) is 36.7 Å². The standard InChI is InChI=1S/C11H9F3N4/c12-11(13,14)7-2-1-3-8(4-7)18-10-5-9(15)16-6-17-10/h1-6H,(H3,15,16,17,18). The molecular formula is C11H9F3N4. The topological polar surface area (TPSA) is 63.8 Å². The van der Waals surface area contributed by atoms with E-state index in [2.05, 4.69) is 15.3 Å². The van der Waals surface area contributed by atoms with Gasteiger partial charge < -0.3 is 11.1 Å². The van der Waals surface area contributed by atoms with Crippen molar-refractivity contribution < 1.29 is 13.2 Å². The monoisotopic (exact) mass is 254 g/mol. The molecule has 2 rings (SSSR count). The first-order valence-corrected chi connectivity index (χ1v) is 4.97. The summed E-state index contributed by atoms with van der Waals surface area (Å²) >= 11 is 0. The second kappa shape index (κ2) is 4.52. The summed E-state index contributed by atoms with van der Waals surface area (Å²) in [4.78, 5) is 7.53. The predicted molar refractivity (Wildman–Crippen MR) is 61.2 cm³/mol. The summed E-state index contributed by atoms with van der Waals surface area (Å²) < 4.78 is 37.5. The number of alkyl halides is 3. The summed E-state index contributed by atoms with van der Waals surface area (Å²) in [7, 11) is 0. The van der Waals surface area contributed by atoms with E-state index < -0.39 is 11.7 Å². The van der Waals surface area contributed by atoms with Crippen molar-refractivity contribution in [1.82, 2.24) is 9.97 Å². The molecule has 0 aliphatic carbocycles. The molecule has 0 unspecified atom stereocenters. The van der Waals surface area contributed by atoms with Gasteiger partial charge in [-0.25, -0.2) is 9.97 Å². The fraction of sp³-hybridized carbons (Fsp3) is 0.0909. The lowest BCUT2D eigenvalue weighted by molar-refractivity contribution is -0.137. The van der Waals surface area contributed by atoms with Crippen LogP contribution in [0.4, 0.5) is 30.5 Å². The minimum Gasteiger partial charge on any atom is -0.384 e. The Labute approximate surface area is 101 Å². The number of benzene rings is 1. The van der Waals surface area contributed by atoms with E-state index in [1.54, 1.807) is 0 Å². The lowest BCUT2D eigenvalue weighted by Gasteiger charge is -2.10. The van der Waals surface area contributed by atoms with Crippen LogP contribution >= 0.6 is 0 Å². The van der Waals surface area contributed by atoms with E-state index in [1.807, 2.05) is 0 Å². The molecule has 0 saturated heterocycles. The lowest BCUT2D eigenvalue weighted by Crippen LogP contribution is -2.05. The average molecular weight is 254 g/mol. The van der Waals surface area contributed by atoms with E-state index in [0.29, 0.717) is 5.82 Å². The van der Waals surface area contributed by atoms with E-state index in [0.717, 1.165) is 12.1 Å². The summed E-state index contributed by atoms with van der Waals surface area (Å²) in [6, 6.07) is 6.25. The Hall–Kier alpha value is -2.31. The molecule has 1 aromatic carbocycles. The van der Waals surface area contributed by atoms with Gasteiger partial charge in [0.15, 0.2) is 0 Å². The van der Waals surface area contributed by atoms with Gasteiger partial charge in [-0.15, -0.1) is 0 Å². The molecule has 2 aromatic rings. The molecule has 0 amide bonds. The zero-order chi connectivity index (χ0) is 13.2. The van der Waals surface area contributed by atoms with Crippen molar-refractivity contribution in [3.8, 4) is 0 Å². The van der Waals surface area contributed by atoms with Crippen molar-refractivity contribution >= 4 is 17.3 Å². The van der Waals surface area contributed by atoms with E-state index >= 15 is 0 Å². The number of hydrogen-bond acceptors (Lipinski definition) is 4. The smallest absolute Gasteiger partial charge is 0.384 e. The maximum Gasteiger partial charge on any atom is 0.416 e. The summed E-state index contributed by atoms with van der Waals surface area (Å²) in [5.74, 6) is 0.571. The van der Waals surface area contributed by atoms with Gasteiger partial charge >= 0.3 is 6.18 Å². The van der Waals surface area contributed by atoms with Gasteiger partial charge in [0.25, 0.3) is 0 Å². The molecule has 94 valence electrons. The van der Waals surface area contributed by atoms with Gasteiger partial charge in [-0.3, -0.25) is 0 Å². The number of aromatic nitrogens is 2. The Kier molecular flexibility index (Phi) is 3.05. The molecule has 0 fully saturated rings. The Morgan fingerprint density at radius 2 is 1.89 bits per heavy atom. The summed E-state index contributed by atoms with van der Waals surface area (Å²) in [5, 5.41) is 2.73. The summed E-state index contributed by atoms with van der Waals surface area (Å²) in [5.41, 5.74) is 4.99. The number of nitrogen functional groups attached to an aromatic ring is 1. The van der Waals surface area contributed by atoms with Crippen molar-refractivity contribution in [2.45, 2.75) is 6.18 Å². The third-order valence-corrected chi connectivity index (χ3v) is 2.15. The normalized spacial score (nSPS) is 11.3. The quantitative estimate of drug-likeness (QED) is 0.864. The lowest BCUT2D eigenvalue weighted by atomic mass is 10.2.